The number of aryl methyl sites for hydroxylation is 2. The van der Waals surface area contributed by atoms with Crippen LogP contribution in [0.1, 0.15) is 21.5 Å². The summed E-state index contributed by atoms with van der Waals surface area (Å²) in [6.45, 7) is 0. The predicted molar refractivity (Wildman–Crippen MR) is 134 cm³/mol. The topological polar surface area (TPSA) is 118 Å². The highest BCUT2D eigenvalue weighted by atomic mass is 32.3. The summed E-state index contributed by atoms with van der Waals surface area (Å²) in [5, 5.41) is 9.03. The van der Waals surface area contributed by atoms with Crippen molar-refractivity contribution in [2.24, 2.45) is 0 Å². The Balaban J connectivity index is 1.52. The van der Waals surface area contributed by atoms with Crippen molar-refractivity contribution in [2.45, 2.75) is 26.2 Å². The van der Waals surface area contributed by atoms with Crippen molar-refractivity contribution in [1.29, 1.82) is 0 Å². The number of carboxylic acids is 1. The molecule has 0 aliphatic carbocycles. The Kier molecular flexibility index (Phi) is 7.06. The number of anilines is 1. The Morgan fingerprint density at radius 3 is 2.06 bits per heavy atom. The molecule has 4 aromatic rings. The third-order valence-corrected chi connectivity index (χ3v) is 10.5. The molecule has 0 fully saturated rings. The Labute approximate surface area is 207 Å². The van der Waals surface area contributed by atoms with Crippen molar-refractivity contribution in [3.63, 3.8) is 0 Å². The number of thiophene rings is 1. The van der Waals surface area contributed by atoms with E-state index in [9.17, 15) is 21.6 Å². The summed E-state index contributed by atoms with van der Waals surface area (Å²) in [4.78, 5) is 11.1. The summed E-state index contributed by atoms with van der Waals surface area (Å²) < 4.78 is 54.2. The fourth-order valence-electron chi connectivity index (χ4n) is 3.43. The van der Waals surface area contributed by atoms with Gasteiger partial charge in [-0.2, -0.15) is 0 Å². The fourth-order valence-corrected chi connectivity index (χ4v) is 7.72. The maximum Gasteiger partial charge on any atom is 0.335 e. The van der Waals surface area contributed by atoms with Crippen molar-refractivity contribution < 1.29 is 26.7 Å². The van der Waals surface area contributed by atoms with Crippen molar-refractivity contribution in [3.05, 3.63) is 108 Å². The molecule has 1 aromatic heterocycles. The highest BCUT2D eigenvalue weighted by Gasteiger charge is 2.24. The number of para-hydroxylation sites is 1. The Hall–Kier alpha value is -3.47. The average molecular weight is 528 g/mol. The fraction of sp³-hybridized carbons (Fsp3) is 0.0800. The van der Waals surface area contributed by atoms with E-state index < -0.39 is 25.8 Å². The van der Waals surface area contributed by atoms with Crippen molar-refractivity contribution in [3.8, 4) is 0 Å². The summed E-state index contributed by atoms with van der Waals surface area (Å²) in [6, 6.07) is 23.9. The van der Waals surface area contributed by atoms with Gasteiger partial charge in [-0.15, -0.1) is 11.3 Å². The van der Waals surface area contributed by atoms with Crippen molar-refractivity contribution in [2.75, 3.05) is 4.72 Å². The van der Waals surface area contributed by atoms with Crippen LogP contribution in [0.5, 0.6) is 0 Å². The van der Waals surface area contributed by atoms with Crippen LogP contribution in [0.15, 0.2) is 104 Å². The molecule has 4 rings (SSSR count). The van der Waals surface area contributed by atoms with Gasteiger partial charge in [0.15, 0.2) is 0 Å². The molecule has 35 heavy (non-hydrogen) atoms. The summed E-state index contributed by atoms with van der Waals surface area (Å²) in [6.07, 6.45) is 1.10. The van der Waals surface area contributed by atoms with E-state index in [0.717, 1.165) is 11.1 Å². The van der Waals surface area contributed by atoms with Crippen molar-refractivity contribution >= 4 is 42.9 Å². The standard InChI is InChI=1S/C25H21NO6S3/c27-25(28)20-14-11-18(12-15-20)10-13-19-6-4-5-9-22(19)26-35(31,32)24-17-16-23(33-24)34(29,30)21-7-2-1-3-8-21/h1-9,11-12,14-17,26H,10,13H2,(H,27,28). The van der Waals surface area contributed by atoms with E-state index in [0.29, 0.717) is 29.9 Å². The molecule has 0 saturated heterocycles. The second-order valence-electron chi connectivity index (χ2n) is 7.65. The first kappa shape index (κ1) is 24.6. The van der Waals surface area contributed by atoms with Crippen molar-refractivity contribution in [1.82, 2.24) is 0 Å². The zero-order valence-electron chi connectivity index (χ0n) is 18.3. The largest absolute Gasteiger partial charge is 0.478 e. The zero-order chi connectivity index (χ0) is 25.1. The normalized spacial score (nSPS) is 11.8. The van der Waals surface area contributed by atoms with Crippen LogP contribution in [-0.4, -0.2) is 27.9 Å². The lowest BCUT2D eigenvalue weighted by Crippen LogP contribution is -2.13. The highest BCUT2D eigenvalue weighted by molar-refractivity contribution is 7.96. The lowest BCUT2D eigenvalue weighted by molar-refractivity contribution is 0.0697. The molecule has 3 aromatic carbocycles. The van der Waals surface area contributed by atoms with Gasteiger partial charge in [0.1, 0.15) is 8.42 Å². The van der Waals surface area contributed by atoms with Gasteiger partial charge < -0.3 is 5.11 Å². The molecule has 0 aliphatic rings. The third kappa shape index (κ3) is 5.61. The summed E-state index contributed by atoms with van der Waals surface area (Å²) in [5.74, 6) is -0.996. The molecule has 180 valence electrons. The molecule has 0 aliphatic heterocycles. The van der Waals surface area contributed by atoms with Crippen LogP contribution < -0.4 is 4.72 Å². The van der Waals surface area contributed by atoms with Gasteiger partial charge in [0.2, 0.25) is 9.84 Å². The molecule has 1 heterocycles. The smallest absolute Gasteiger partial charge is 0.335 e. The number of benzene rings is 3. The van der Waals surface area contributed by atoms with Gasteiger partial charge in [-0.1, -0.05) is 48.5 Å². The SMILES string of the molecule is O=C(O)c1ccc(CCc2ccccc2NS(=O)(=O)c2ccc(S(=O)(=O)c3ccccc3)s2)cc1. The molecule has 7 nitrogen and oxygen atoms in total. The Bertz CT molecular complexity index is 1560. The molecule has 0 amide bonds. The van der Waals surface area contributed by atoms with Crippen LogP contribution in [0.2, 0.25) is 0 Å². The molecule has 0 atom stereocenters. The maximum atomic E-state index is 13.1. The van der Waals surface area contributed by atoms with E-state index in [-0.39, 0.29) is 18.9 Å². The monoisotopic (exact) mass is 527 g/mol. The summed E-state index contributed by atoms with van der Waals surface area (Å²) >= 11 is 0.694. The van der Waals surface area contributed by atoms with Crippen LogP contribution in [-0.2, 0) is 32.7 Å². The molecular formula is C25H21NO6S3. The molecular weight excluding hydrogens is 506 g/mol. The van der Waals surface area contributed by atoms with Gasteiger partial charge >= 0.3 is 5.97 Å². The maximum absolute atomic E-state index is 13.1. The number of sulfone groups is 1. The van der Waals surface area contributed by atoms with Crippen LogP contribution >= 0.6 is 11.3 Å². The van der Waals surface area contributed by atoms with Gasteiger partial charge in [-0.25, -0.2) is 21.6 Å². The highest BCUT2D eigenvalue weighted by Crippen LogP contribution is 2.31. The van der Waals surface area contributed by atoms with Crippen LogP contribution in [0.4, 0.5) is 5.69 Å². The lowest BCUT2D eigenvalue weighted by Gasteiger charge is -2.12. The lowest BCUT2D eigenvalue weighted by atomic mass is 10.0. The van der Waals surface area contributed by atoms with Gasteiger partial charge in [0, 0.05) is 0 Å². The first-order valence-corrected chi connectivity index (χ1v) is 14.3. The number of carbonyl (C=O) groups is 1. The van der Waals surface area contributed by atoms with E-state index in [1.54, 1.807) is 48.5 Å². The Morgan fingerprint density at radius 2 is 1.37 bits per heavy atom. The number of rotatable bonds is 9. The van der Waals surface area contributed by atoms with Crippen LogP contribution in [0.3, 0.4) is 0 Å². The zero-order valence-corrected chi connectivity index (χ0v) is 20.7. The minimum atomic E-state index is -4.02. The Morgan fingerprint density at radius 1 is 0.743 bits per heavy atom. The number of aromatic carboxylic acids is 1. The van der Waals surface area contributed by atoms with E-state index in [4.69, 9.17) is 5.11 Å². The van der Waals surface area contributed by atoms with E-state index in [1.165, 1.54) is 36.4 Å². The summed E-state index contributed by atoms with van der Waals surface area (Å²) in [5.41, 5.74) is 2.27. The minimum absolute atomic E-state index is 0.0535. The van der Waals surface area contributed by atoms with Gasteiger partial charge in [0.05, 0.1) is 16.1 Å². The van der Waals surface area contributed by atoms with Crippen LogP contribution in [0.25, 0.3) is 0 Å². The van der Waals surface area contributed by atoms with E-state index in [1.807, 2.05) is 6.07 Å². The molecule has 0 saturated carbocycles. The molecule has 0 unspecified atom stereocenters. The first-order valence-electron chi connectivity index (χ1n) is 10.5. The molecule has 2 N–H and O–H groups in total. The molecule has 10 heteroatoms. The van der Waals surface area contributed by atoms with Gasteiger partial charge in [-0.3, -0.25) is 4.72 Å². The molecule has 0 bridgehead atoms. The number of hydrogen-bond acceptors (Lipinski definition) is 6. The third-order valence-electron chi connectivity index (χ3n) is 5.29. The van der Waals surface area contributed by atoms with E-state index >= 15 is 0 Å². The summed E-state index contributed by atoms with van der Waals surface area (Å²) in [7, 11) is -7.83. The van der Waals surface area contributed by atoms with Gasteiger partial charge in [0.25, 0.3) is 10.0 Å². The average Bonchev–Trinajstić information content (AvgIpc) is 3.37. The minimum Gasteiger partial charge on any atom is -0.478 e. The predicted octanol–water partition coefficient (Wildman–Crippen LogP) is 4.87. The van der Waals surface area contributed by atoms with Crippen LogP contribution in [0, 0.1) is 0 Å². The number of hydrogen-bond donors (Lipinski definition) is 2. The number of carboxylic acid groups (broad SMARTS) is 1. The second-order valence-corrected chi connectivity index (χ2v) is 12.8. The number of sulfonamides is 1. The number of nitrogens with one attached hydrogen (secondary N) is 1. The quantitative estimate of drug-likeness (QED) is 0.321. The van der Waals surface area contributed by atoms with Gasteiger partial charge in [-0.05, 0) is 66.4 Å². The van der Waals surface area contributed by atoms with E-state index in [2.05, 4.69) is 4.72 Å². The first-order chi connectivity index (χ1) is 16.7. The molecule has 0 spiro atoms. The second kappa shape index (κ2) is 10.0. The molecule has 0 radical (unpaired) electrons.